The number of aromatic nitrogens is 1. The summed E-state index contributed by atoms with van der Waals surface area (Å²) in [7, 11) is 0. The van der Waals surface area contributed by atoms with E-state index in [4.69, 9.17) is 32.9 Å². The van der Waals surface area contributed by atoms with Gasteiger partial charge in [-0.05, 0) is 61.8 Å². The molecule has 6 heteroatoms. The second-order valence-corrected chi connectivity index (χ2v) is 12.7. The molecule has 0 N–H and O–H groups in total. The lowest BCUT2D eigenvalue weighted by molar-refractivity contribution is -0.145. The van der Waals surface area contributed by atoms with Gasteiger partial charge in [-0.2, -0.15) is 0 Å². The highest BCUT2D eigenvalue weighted by molar-refractivity contribution is 14.2. The first-order chi connectivity index (χ1) is 15.4. The molecular weight excluding hydrogens is 556 g/mol. The fourth-order valence-electron chi connectivity index (χ4n) is 5.02. The van der Waals surface area contributed by atoms with Crippen LogP contribution >= 0.6 is 43.9 Å². The molecule has 0 fully saturated rings. The van der Waals surface area contributed by atoms with E-state index in [1.165, 1.54) is 33.7 Å². The summed E-state index contributed by atoms with van der Waals surface area (Å²) in [5, 5.41) is 1.94. The van der Waals surface area contributed by atoms with Gasteiger partial charge in [0.2, 0.25) is 0 Å². The maximum atomic E-state index is 11.6. The Morgan fingerprint density at radius 3 is 2.81 bits per heavy atom. The summed E-state index contributed by atoms with van der Waals surface area (Å²) in [5.74, 6) is 0.144. The molecule has 0 radical (unpaired) electrons. The highest BCUT2D eigenvalue weighted by Gasteiger charge is 2.28. The van der Waals surface area contributed by atoms with Gasteiger partial charge in [-0.1, -0.05) is 29.8 Å². The summed E-state index contributed by atoms with van der Waals surface area (Å²) in [5.41, 5.74) is 7.24. The number of carbonyl (C=O) groups is 1. The van der Waals surface area contributed by atoms with Crippen molar-refractivity contribution in [3.8, 4) is 0 Å². The van der Waals surface area contributed by atoms with Crippen LogP contribution in [-0.2, 0) is 22.4 Å². The van der Waals surface area contributed by atoms with Gasteiger partial charge in [0.25, 0.3) is 0 Å². The molecule has 2 aromatic rings. The van der Waals surface area contributed by atoms with Crippen molar-refractivity contribution in [2.45, 2.75) is 57.4 Å². The zero-order valence-corrected chi connectivity index (χ0v) is 21.9. The van der Waals surface area contributed by atoms with E-state index in [0.29, 0.717) is 12.3 Å². The molecule has 3 nitrogen and oxygen atoms in total. The Morgan fingerprint density at radius 1 is 1.28 bits per heavy atom. The molecule has 32 heavy (non-hydrogen) atoms. The van der Waals surface area contributed by atoms with Crippen LogP contribution in [0, 0.1) is 5.92 Å². The summed E-state index contributed by atoms with van der Waals surface area (Å²) in [4.78, 5) is 16.9. The van der Waals surface area contributed by atoms with Crippen molar-refractivity contribution in [3.05, 3.63) is 63.3 Å². The van der Waals surface area contributed by atoms with E-state index in [1.54, 1.807) is 3.51 Å². The Bertz CT molecular complexity index is 1200. The predicted octanol–water partition coefficient (Wildman–Crippen LogP) is 6.92. The maximum absolute atomic E-state index is 11.6. The minimum absolute atomic E-state index is 0.0296. The van der Waals surface area contributed by atoms with E-state index in [-0.39, 0.29) is 38.2 Å². The molecule has 2 heterocycles. The molecule has 3 atom stereocenters. The first-order valence-corrected chi connectivity index (χ1v) is 14.6. The number of rotatable bonds is 4. The molecule has 1 aromatic carbocycles. The number of nitrogens with zero attached hydrogens (tertiary/aromatic N) is 1. The highest BCUT2D eigenvalue weighted by Crippen LogP contribution is 2.39. The van der Waals surface area contributed by atoms with Gasteiger partial charge in [-0.3, -0.25) is 9.78 Å². The molecule has 1 aromatic heterocycles. The molecule has 0 bridgehead atoms. The Balaban J connectivity index is 1.58. The fourth-order valence-corrected chi connectivity index (χ4v) is 7.18. The van der Waals surface area contributed by atoms with Crippen molar-refractivity contribution in [1.29, 1.82) is 0 Å². The SMILES string of the molecule is CC(=O)OC(C)c1ccc(C2=IC2)c2nc3c(cc12)CCCC(C1=CC=C(Cl)CC1Cl)C3. The van der Waals surface area contributed by atoms with Gasteiger partial charge in [-0.15, -0.1) is 32.3 Å². The number of benzene rings is 1. The zero-order valence-electron chi connectivity index (χ0n) is 18.3. The topological polar surface area (TPSA) is 39.2 Å². The maximum Gasteiger partial charge on any atom is 0.303 e. The normalized spacial score (nSPS) is 23.7. The monoisotopic (exact) mass is 581 g/mol. The lowest BCUT2D eigenvalue weighted by atomic mass is 9.86. The molecule has 0 amide bonds. The fraction of sp³-hybridized carbons (Fsp3) is 0.423. The standard InChI is InChI=1S/C26H26Cl2INO2/c1-14(32-15(2)31)19-8-9-21(24-13-29-24)26-22(19)10-17-5-3-4-16(11-25(17)30-26)20-7-6-18(27)12-23(20)28/h6-10,14,16,23H,3-5,11-13H2,1-2H3. The summed E-state index contributed by atoms with van der Waals surface area (Å²) in [6.45, 7) is 3.41. The van der Waals surface area contributed by atoms with Crippen LogP contribution in [0.5, 0.6) is 0 Å². The highest BCUT2D eigenvalue weighted by atomic mass is 127. The summed E-state index contributed by atoms with van der Waals surface area (Å²) in [6.07, 6.45) is 8.72. The van der Waals surface area contributed by atoms with E-state index in [2.05, 4.69) is 24.3 Å². The quantitative estimate of drug-likeness (QED) is 0.170. The average Bonchev–Trinajstić information content (AvgIpc) is 3.58. The van der Waals surface area contributed by atoms with E-state index >= 15 is 0 Å². The number of halogens is 3. The van der Waals surface area contributed by atoms with E-state index in [1.807, 2.05) is 13.0 Å². The van der Waals surface area contributed by atoms with Gasteiger partial charge < -0.3 is 4.74 Å². The van der Waals surface area contributed by atoms with Crippen molar-refractivity contribution in [1.82, 2.24) is 4.98 Å². The van der Waals surface area contributed by atoms with Crippen LogP contribution in [0.15, 0.2) is 41.0 Å². The van der Waals surface area contributed by atoms with E-state index < -0.39 is 0 Å². The van der Waals surface area contributed by atoms with Gasteiger partial charge in [0, 0.05) is 48.5 Å². The smallest absolute Gasteiger partial charge is 0.303 e. The molecular formula is C26H26Cl2INO2. The van der Waals surface area contributed by atoms with Crippen LogP contribution in [0.4, 0.5) is 0 Å². The Hall–Kier alpha value is -1.24. The van der Waals surface area contributed by atoms with Gasteiger partial charge in [-0.25, -0.2) is 0 Å². The number of hydrogen-bond donors (Lipinski definition) is 0. The minimum Gasteiger partial charge on any atom is -0.458 e. The Labute approximate surface area is 209 Å². The van der Waals surface area contributed by atoms with Gasteiger partial charge >= 0.3 is 5.97 Å². The first-order valence-electron chi connectivity index (χ1n) is 11.2. The Morgan fingerprint density at radius 2 is 2.09 bits per heavy atom. The summed E-state index contributed by atoms with van der Waals surface area (Å²) >= 11 is 13.1. The molecule has 5 rings (SSSR count). The van der Waals surface area contributed by atoms with Crippen LogP contribution in [-0.4, -0.2) is 24.3 Å². The van der Waals surface area contributed by atoms with Crippen molar-refractivity contribution >= 4 is 64.3 Å². The van der Waals surface area contributed by atoms with Gasteiger partial charge in [0.05, 0.1) is 10.9 Å². The lowest BCUT2D eigenvalue weighted by Crippen LogP contribution is -2.18. The molecule has 1 aliphatic heterocycles. The van der Waals surface area contributed by atoms with Crippen LogP contribution in [0.1, 0.15) is 61.6 Å². The number of allylic oxidation sites excluding steroid dienone is 4. The summed E-state index contributed by atoms with van der Waals surface area (Å²) in [6, 6.07) is 6.65. The number of esters is 1. The zero-order chi connectivity index (χ0) is 22.4. The third-order valence-electron chi connectivity index (χ3n) is 6.63. The molecule has 168 valence electrons. The number of fused-ring (bicyclic) bond motifs is 2. The molecule has 0 spiro atoms. The predicted molar refractivity (Wildman–Crippen MR) is 141 cm³/mol. The third kappa shape index (κ3) is 4.55. The Kier molecular flexibility index (Phi) is 6.47. The second kappa shape index (κ2) is 9.19. The first kappa shape index (κ1) is 22.5. The summed E-state index contributed by atoms with van der Waals surface area (Å²) < 4.78 is 8.37. The minimum atomic E-state index is -0.290. The lowest BCUT2D eigenvalue weighted by Gasteiger charge is -2.25. The van der Waals surface area contributed by atoms with Crippen molar-refractivity contribution in [2.75, 3.05) is 4.43 Å². The number of hydrogen-bond acceptors (Lipinski definition) is 3. The molecule has 3 unspecified atom stereocenters. The average molecular weight is 582 g/mol. The largest absolute Gasteiger partial charge is 0.458 e. The molecule has 0 saturated carbocycles. The number of ether oxygens (including phenoxy) is 1. The van der Waals surface area contributed by atoms with Crippen LogP contribution in [0.25, 0.3) is 10.9 Å². The number of carbonyl (C=O) groups excluding carboxylic acids is 1. The van der Waals surface area contributed by atoms with E-state index in [9.17, 15) is 4.79 Å². The molecule has 3 aliphatic rings. The number of aryl methyl sites for hydroxylation is 1. The van der Waals surface area contributed by atoms with Gasteiger partial charge in [0.15, 0.2) is 0 Å². The van der Waals surface area contributed by atoms with Crippen LogP contribution in [0.2, 0.25) is 0 Å². The third-order valence-corrected chi connectivity index (χ3v) is 9.42. The van der Waals surface area contributed by atoms with Crippen molar-refractivity contribution < 1.29 is 9.53 Å². The second-order valence-electron chi connectivity index (χ2n) is 8.86. The van der Waals surface area contributed by atoms with E-state index in [0.717, 1.165) is 47.2 Å². The van der Waals surface area contributed by atoms with Crippen molar-refractivity contribution in [3.63, 3.8) is 0 Å². The van der Waals surface area contributed by atoms with Crippen molar-refractivity contribution in [2.24, 2.45) is 5.92 Å². The molecule has 0 saturated heterocycles. The number of alkyl halides is 2. The number of pyridine rings is 1. The molecule has 2 aliphatic carbocycles. The van der Waals surface area contributed by atoms with Gasteiger partial charge in [0.1, 0.15) is 6.10 Å². The van der Waals surface area contributed by atoms with Crippen LogP contribution in [0.3, 0.4) is 0 Å². The van der Waals surface area contributed by atoms with Crippen LogP contribution < -0.4 is 0 Å².